The van der Waals surface area contributed by atoms with Gasteiger partial charge in [-0.3, -0.25) is 0 Å². The van der Waals surface area contributed by atoms with Crippen molar-refractivity contribution in [1.82, 2.24) is 0 Å². The molecular weight excluding hydrogens is 189 g/mol. The summed E-state index contributed by atoms with van der Waals surface area (Å²) in [5.41, 5.74) is 1.35. The van der Waals surface area contributed by atoms with Crippen molar-refractivity contribution in [3.63, 3.8) is 0 Å². The molecular formula is C12H20NP. The standard InChI is InChI=1S/C12H20NP/c1-12(2,3)14-11-9-7-6-8-10(11)13(4)5/h6-9,14H,1-5H3. The summed E-state index contributed by atoms with van der Waals surface area (Å²) in [5, 5.41) is 1.84. The minimum Gasteiger partial charge on any atom is -0.377 e. The summed E-state index contributed by atoms with van der Waals surface area (Å²) in [6.45, 7) is 6.87. The molecule has 0 aliphatic carbocycles. The summed E-state index contributed by atoms with van der Waals surface area (Å²) in [6.07, 6.45) is 0. The van der Waals surface area contributed by atoms with Crippen LogP contribution in [-0.2, 0) is 0 Å². The monoisotopic (exact) mass is 209 g/mol. The van der Waals surface area contributed by atoms with Gasteiger partial charge >= 0.3 is 0 Å². The van der Waals surface area contributed by atoms with E-state index in [1.807, 2.05) is 0 Å². The largest absolute Gasteiger partial charge is 0.377 e. The Labute approximate surface area is 89.3 Å². The fourth-order valence-electron chi connectivity index (χ4n) is 1.37. The average molecular weight is 209 g/mol. The highest BCUT2D eigenvalue weighted by Gasteiger charge is 2.13. The van der Waals surface area contributed by atoms with Crippen LogP contribution in [0.25, 0.3) is 0 Å². The van der Waals surface area contributed by atoms with E-state index in [1.54, 1.807) is 0 Å². The molecule has 0 heterocycles. The summed E-state index contributed by atoms with van der Waals surface area (Å²) in [7, 11) is 5.07. The van der Waals surface area contributed by atoms with Gasteiger partial charge in [0.2, 0.25) is 0 Å². The van der Waals surface area contributed by atoms with Gasteiger partial charge in [-0.1, -0.05) is 47.6 Å². The van der Waals surface area contributed by atoms with Crippen molar-refractivity contribution in [2.45, 2.75) is 25.9 Å². The minimum absolute atomic E-state index is 0.381. The molecule has 1 unspecified atom stereocenters. The molecule has 0 amide bonds. The molecule has 0 fully saturated rings. The van der Waals surface area contributed by atoms with Gasteiger partial charge in [-0.15, -0.1) is 0 Å². The summed E-state index contributed by atoms with van der Waals surface area (Å²) < 4.78 is 0. The van der Waals surface area contributed by atoms with Gasteiger partial charge in [-0.2, -0.15) is 0 Å². The predicted octanol–water partition coefficient (Wildman–Crippen LogP) is 2.85. The lowest BCUT2D eigenvalue weighted by Crippen LogP contribution is -2.19. The van der Waals surface area contributed by atoms with E-state index >= 15 is 0 Å². The van der Waals surface area contributed by atoms with Gasteiger partial charge in [0.15, 0.2) is 0 Å². The maximum absolute atomic E-state index is 2.29. The molecule has 0 aromatic heterocycles. The van der Waals surface area contributed by atoms with E-state index in [0.29, 0.717) is 5.16 Å². The van der Waals surface area contributed by atoms with Gasteiger partial charge in [0, 0.05) is 19.8 Å². The van der Waals surface area contributed by atoms with Gasteiger partial charge < -0.3 is 4.90 Å². The molecule has 1 aromatic rings. The van der Waals surface area contributed by atoms with Crippen LogP contribution < -0.4 is 10.2 Å². The van der Waals surface area contributed by atoms with Crippen LogP contribution >= 0.6 is 8.58 Å². The van der Waals surface area contributed by atoms with Crippen molar-refractivity contribution < 1.29 is 0 Å². The van der Waals surface area contributed by atoms with Crippen molar-refractivity contribution in [1.29, 1.82) is 0 Å². The highest BCUT2D eigenvalue weighted by Crippen LogP contribution is 2.32. The van der Waals surface area contributed by atoms with Crippen LogP contribution in [0, 0.1) is 0 Å². The second kappa shape index (κ2) is 4.31. The number of para-hydroxylation sites is 1. The first-order valence-electron chi connectivity index (χ1n) is 4.95. The van der Waals surface area contributed by atoms with E-state index in [1.165, 1.54) is 11.0 Å². The Morgan fingerprint density at radius 2 is 1.64 bits per heavy atom. The lowest BCUT2D eigenvalue weighted by Gasteiger charge is -2.23. The molecule has 0 aliphatic heterocycles. The number of anilines is 1. The first-order chi connectivity index (χ1) is 6.40. The number of nitrogens with zero attached hydrogens (tertiary/aromatic N) is 1. The van der Waals surface area contributed by atoms with Gasteiger partial charge in [0.25, 0.3) is 0 Å². The van der Waals surface area contributed by atoms with Crippen LogP contribution in [0.15, 0.2) is 24.3 Å². The summed E-state index contributed by atoms with van der Waals surface area (Å²) >= 11 is 0. The zero-order chi connectivity index (χ0) is 10.8. The maximum atomic E-state index is 2.29. The van der Waals surface area contributed by atoms with Crippen molar-refractivity contribution in [2.24, 2.45) is 0 Å². The third-order valence-corrected chi connectivity index (χ3v) is 3.34. The Bertz CT molecular complexity index is 299. The van der Waals surface area contributed by atoms with E-state index in [0.717, 1.165) is 8.58 Å². The summed E-state index contributed by atoms with van der Waals surface area (Å²) in [6, 6.07) is 8.65. The normalized spacial score (nSPS) is 12.4. The summed E-state index contributed by atoms with van der Waals surface area (Å²) in [5.74, 6) is 0. The van der Waals surface area contributed by atoms with Crippen molar-refractivity contribution in [3.05, 3.63) is 24.3 Å². The molecule has 1 nitrogen and oxygen atoms in total. The van der Waals surface area contributed by atoms with Gasteiger partial charge in [0.05, 0.1) is 0 Å². The Morgan fingerprint density at radius 1 is 1.07 bits per heavy atom. The van der Waals surface area contributed by atoms with Crippen LogP contribution in [0.2, 0.25) is 0 Å². The predicted molar refractivity (Wildman–Crippen MR) is 68.5 cm³/mol. The molecule has 0 bridgehead atoms. The average Bonchev–Trinajstić information content (AvgIpc) is 2.01. The Balaban J connectivity index is 2.96. The Kier molecular flexibility index (Phi) is 3.55. The van der Waals surface area contributed by atoms with Crippen LogP contribution in [0.4, 0.5) is 5.69 Å². The molecule has 2 heteroatoms. The lowest BCUT2D eigenvalue weighted by molar-refractivity contribution is 0.799. The molecule has 1 atom stereocenters. The van der Waals surface area contributed by atoms with Gasteiger partial charge in [-0.25, -0.2) is 0 Å². The van der Waals surface area contributed by atoms with Crippen molar-refractivity contribution in [2.75, 3.05) is 19.0 Å². The van der Waals surface area contributed by atoms with Crippen LogP contribution in [0.3, 0.4) is 0 Å². The van der Waals surface area contributed by atoms with Crippen LogP contribution in [-0.4, -0.2) is 19.3 Å². The summed E-state index contributed by atoms with van der Waals surface area (Å²) in [4.78, 5) is 2.19. The molecule has 0 spiro atoms. The van der Waals surface area contributed by atoms with Crippen LogP contribution in [0.1, 0.15) is 20.8 Å². The van der Waals surface area contributed by atoms with Gasteiger partial charge in [0.1, 0.15) is 0 Å². The van der Waals surface area contributed by atoms with Gasteiger partial charge in [-0.05, 0) is 16.5 Å². The fraction of sp³-hybridized carbons (Fsp3) is 0.500. The molecule has 1 rings (SSSR count). The second-order valence-electron chi connectivity index (χ2n) is 4.79. The minimum atomic E-state index is 0.381. The number of hydrogen-bond donors (Lipinski definition) is 0. The fourth-order valence-corrected chi connectivity index (χ4v) is 2.80. The topological polar surface area (TPSA) is 3.24 Å². The Morgan fingerprint density at radius 3 is 2.14 bits per heavy atom. The molecule has 0 N–H and O–H groups in total. The highest BCUT2D eigenvalue weighted by atomic mass is 31.1. The van der Waals surface area contributed by atoms with E-state index in [2.05, 4.69) is 64.0 Å². The smallest absolute Gasteiger partial charge is 0.0436 e. The zero-order valence-corrected chi connectivity index (χ0v) is 10.8. The Hall–Kier alpha value is -0.550. The maximum Gasteiger partial charge on any atom is 0.0436 e. The molecule has 0 saturated carbocycles. The SMILES string of the molecule is CN(C)c1ccccc1PC(C)(C)C. The quantitative estimate of drug-likeness (QED) is 0.677. The number of rotatable bonds is 2. The van der Waals surface area contributed by atoms with Crippen molar-refractivity contribution >= 4 is 19.6 Å². The van der Waals surface area contributed by atoms with E-state index < -0.39 is 0 Å². The molecule has 14 heavy (non-hydrogen) atoms. The first-order valence-corrected chi connectivity index (χ1v) is 5.95. The molecule has 0 aliphatic rings. The van der Waals surface area contributed by atoms with E-state index in [4.69, 9.17) is 0 Å². The lowest BCUT2D eigenvalue weighted by atomic mass is 10.2. The molecule has 1 aromatic carbocycles. The molecule has 0 radical (unpaired) electrons. The third-order valence-electron chi connectivity index (χ3n) is 1.90. The molecule has 78 valence electrons. The number of benzene rings is 1. The third kappa shape index (κ3) is 3.31. The zero-order valence-electron chi connectivity index (χ0n) is 9.76. The van der Waals surface area contributed by atoms with Crippen molar-refractivity contribution in [3.8, 4) is 0 Å². The van der Waals surface area contributed by atoms with Crippen LogP contribution in [0.5, 0.6) is 0 Å². The second-order valence-corrected chi connectivity index (χ2v) is 7.08. The highest BCUT2D eigenvalue weighted by molar-refractivity contribution is 7.49. The number of hydrogen-bond acceptors (Lipinski definition) is 1. The van der Waals surface area contributed by atoms with E-state index in [9.17, 15) is 0 Å². The first kappa shape index (κ1) is 11.5. The van der Waals surface area contributed by atoms with E-state index in [-0.39, 0.29) is 0 Å². The molecule has 0 saturated heterocycles.